The van der Waals surface area contributed by atoms with Crippen LogP contribution in [0.3, 0.4) is 0 Å². The fourth-order valence-electron chi connectivity index (χ4n) is 0.633. The highest BCUT2D eigenvalue weighted by molar-refractivity contribution is 8.00. The number of carbonyl (C=O) groups is 2. The zero-order valence-electron chi connectivity index (χ0n) is 8.33. The maximum atomic E-state index is 12.4. The molecule has 0 radical (unpaired) electrons. The van der Waals surface area contributed by atoms with E-state index in [-0.39, 0.29) is 0 Å². The molecule has 0 spiro atoms. The summed E-state index contributed by atoms with van der Waals surface area (Å²) in [6.07, 6.45) is -3.86. The lowest BCUT2D eigenvalue weighted by molar-refractivity contribution is -0.138. The van der Waals surface area contributed by atoms with Crippen LogP contribution in [-0.2, 0) is 9.59 Å². The SMILES string of the molecule is NC(CSC(F)(F)C(F)F)C(=O)NCC(=O)O. The minimum atomic E-state index is -4.29. The average Bonchev–Trinajstić information content (AvgIpc) is 2.22. The van der Waals surface area contributed by atoms with Gasteiger partial charge in [-0.1, -0.05) is 11.8 Å². The quantitative estimate of drug-likeness (QED) is 0.575. The standard InChI is InChI=1S/C7H10F4N2O3S/c8-6(9)7(10,11)17-2-3(12)5(16)13-1-4(14)15/h3,6H,1-2,12H2,(H,13,16)(H,14,15). The van der Waals surface area contributed by atoms with Crippen LogP contribution in [0, 0.1) is 0 Å². The summed E-state index contributed by atoms with van der Waals surface area (Å²) in [4.78, 5) is 21.0. The Hall–Kier alpha value is -1.03. The largest absolute Gasteiger partial charge is 0.480 e. The predicted molar refractivity (Wildman–Crippen MR) is 52.0 cm³/mol. The molecule has 0 aliphatic heterocycles. The molecule has 5 nitrogen and oxygen atoms in total. The van der Waals surface area contributed by atoms with E-state index in [1.807, 2.05) is 5.32 Å². The van der Waals surface area contributed by atoms with Gasteiger partial charge in [-0.15, -0.1) is 0 Å². The number of hydrogen-bond acceptors (Lipinski definition) is 4. The number of thioether (sulfide) groups is 1. The van der Waals surface area contributed by atoms with Gasteiger partial charge in [-0.2, -0.15) is 8.78 Å². The minimum absolute atomic E-state index is 0.459. The third-order valence-electron chi connectivity index (χ3n) is 1.46. The van der Waals surface area contributed by atoms with Crippen LogP contribution in [0.1, 0.15) is 0 Å². The molecule has 0 fully saturated rings. The van der Waals surface area contributed by atoms with Crippen LogP contribution in [0.2, 0.25) is 0 Å². The Morgan fingerprint density at radius 2 is 1.94 bits per heavy atom. The summed E-state index contributed by atoms with van der Waals surface area (Å²) in [6, 6.07) is -1.48. The van der Waals surface area contributed by atoms with Gasteiger partial charge in [0.2, 0.25) is 5.91 Å². The van der Waals surface area contributed by atoms with E-state index < -0.39 is 53.7 Å². The van der Waals surface area contributed by atoms with Crippen LogP contribution in [0.4, 0.5) is 17.6 Å². The van der Waals surface area contributed by atoms with Gasteiger partial charge in [0.25, 0.3) is 0 Å². The number of halogens is 4. The zero-order chi connectivity index (χ0) is 13.6. The van der Waals surface area contributed by atoms with Crippen molar-refractivity contribution >= 4 is 23.6 Å². The number of nitrogens with one attached hydrogen (secondary N) is 1. The summed E-state index contributed by atoms with van der Waals surface area (Å²) < 4.78 is 48.3. The molecule has 0 aromatic carbocycles. The summed E-state index contributed by atoms with van der Waals surface area (Å²) in [6.45, 7) is -0.720. The average molecular weight is 278 g/mol. The number of aliphatic carboxylic acids is 1. The van der Waals surface area contributed by atoms with Gasteiger partial charge in [0.15, 0.2) is 0 Å². The van der Waals surface area contributed by atoms with Gasteiger partial charge in [-0.3, -0.25) is 9.59 Å². The van der Waals surface area contributed by atoms with Crippen LogP contribution >= 0.6 is 11.8 Å². The van der Waals surface area contributed by atoms with Crippen molar-refractivity contribution in [3.8, 4) is 0 Å². The van der Waals surface area contributed by atoms with Crippen molar-refractivity contribution in [1.82, 2.24) is 5.32 Å². The minimum Gasteiger partial charge on any atom is -0.480 e. The molecule has 1 amide bonds. The van der Waals surface area contributed by atoms with Crippen molar-refractivity contribution in [2.24, 2.45) is 5.73 Å². The monoisotopic (exact) mass is 278 g/mol. The molecule has 1 atom stereocenters. The van der Waals surface area contributed by atoms with Gasteiger partial charge in [0.05, 0.1) is 6.04 Å². The second-order valence-corrected chi connectivity index (χ2v) is 4.06. The van der Waals surface area contributed by atoms with Crippen molar-refractivity contribution in [1.29, 1.82) is 0 Å². The molecule has 0 aromatic heterocycles. The number of carbonyl (C=O) groups excluding carboxylic acids is 1. The fourth-order valence-corrected chi connectivity index (χ4v) is 1.31. The third-order valence-corrected chi connectivity index (χ3v) is 2.55. The van der Waals surface area contributed by atoms with Gasteiger partial charge in [0.1, 0.15) is 6.54 Å². The van der Waals surface area contributed by atoms with Crippen LogP contribution < -0.4 is 11.1 Å². The van der Waals surface area contributed by atoms with Gasteiger partial charge in [0, 0.05) is 5.75 Å². The molecule has 0 aromatic rings. The molecule has 10 heteroatoms. The third kappa shape index (κ3) is 6.31. The van der Waals surface area contributed by atoms with Crippen molar-refractivity contribution in [3.63, 3.8) is 0 Å². The summed E-state index contributed by atoms with van der Waals surface area (Å²) >= 11 is -0.459. The van der Waals surface area contributed by atoms with Crippen molar-refractivity contribution in [3.05, 3.63) is 0 Å². The molecular formula is C7H10F4N2O3S. The van der Waals surface area contributed by atoms with E-state index in [1.54, 1.807) is 0 Å². The van der Waals surface area contributed by atoms with E-state index in [0.717, 1.165) is 0 Å². The van der Waals surface area contributed by atoms with Crippen molar-refractivity contribution < 1.29 is 32.3 Å². The summed E-state index contributed by atoms with van der Waals surface area (Å²) in [5.41, 5.74) is 5.11. The Bertz CT molecular complexity index is 290. The summed E-state index contributed by atoms with van der Waals surface area (Å²) in [7, 11) is 0. The van der Waals surface area contributed by atoms with E-state index in [1.165, 1.54) is 0 Å². The number of hydrogen-bond donors (Lipinski definition) is 3. The Labute approximate surface area is 97.7 Å². The number of carboxylic acids is 1. The van der Waals surface area contributed by atoms with Gasteiger partial charge in [-0.25, -0.2) is 8.78 Å². The summed E-state index contributed by atoms with van der Waals surface area (Å²) in [5.74, 6) is -3.08. The zero-order valence-corrected chi connectivity index (χ0v) is 9.15. The van der Waals surface area contributed by atoms with E-state index in [2.05, 4.69) is 0 Å². The first kappa shape index (κ1) is 16.0. The molecule has 1 unspecified atom stereocenters. The van der Waals surface area contributed by atoms with Crippen molar-refractivity contribution in [2.75, 3.05) is 12.3 Å². The highest BCUT2D eigenvalue weighted by atomic mass is 32.2. The van der Waals surface area contributed by atoms with E-state index in [0.29, 0.717) is 0 Å². The van der Waals surface area contributed by atoms with Gasteiger partial charge >= 0.3 is 17.6 Å². The first-order chi connectivity index (χ1) is 7.66. The molecule has 0 saturated carbocycles. The predicted octanol–water partition coefficient (Wildman–Crippen LogP) is 0.106. The van der Waals surface area contributed by atoms with Gasteiger partial charge in [-0.05, 0) is 0 Å². The number of amides is 1. The molecule has 0 aliphatic rings. The van der Waals surface area contributed by atoms with Crippen LogP contribution in [-0.4, -0.2) is 47.0 Å². The summed E-state index contributed by atoms with van der Waals surface area (Å²) in [5, 5.41) is 5.75. The Balaban J connectivity index is 4.05. The molecule has 4 N–H and O–H groups in total. The maximum Gasteiger partial charge on any atom is 0.353 e. The lowest BCUT2D eigenvalue weighted by Gasteiger charge is -2.16. The second kappa shape index (κ2) is 6.64. The normalized spacial score (nSPS) is 13.5. The maximum absolute atomic E-state index is 12.4. The molecule has 0 bridgehead atoms. The smallest absolute Gasteiger partial charge is 0.353 e. The molecule has 0 saturated heterocycles. The van der Waals surface area contributed by atoms with Crippen LogP contribution in [0.25, 0.3) is 0 Å². The van der Waals surface area contributed by atoms with Gasteiger partial charge < -0.3 is 16.2 Å². The highest BCUT2D eigenvalue weighted by Crippen LogP contribution is 2.35. The first-order valence-corrected chi connectivity index (χ1v) is 5.20. The Kier molecular flexibility index (Phi) is 6.24. The second-order valence-electron chi connectivity index (χ2n) is 2.89. The number of nitrogens with two attached hydrogens (primary N) is 1. The topological polar surface area (TPSA) is 92.4 Å². The Morgan fingerprint density at radius 1 is 1.41 bits per heavy atom. The molecular weight excluding hydrogens is 268 g/mol. The van der Waals surface area contributed by atoms with E-state index >= 15 is 0 Å². The van der Waals surface area contributed by atoms with Crippen LogP contribution in [0.5, 0.6) is 0 Å². The molecule has 0 rings (SSSR count). The molecule has 100 valence electrons. The Morgan fingerprint density at radius 3 is 2.35 bits per heavy atom. The lowest BCUT2D eigenvalue weighted by Crippen LogP contribution is -2.44. The number of carboxylic acid groups (broad SMARTS) is 1. The van der Waals surface area contributed by atoms with Crippen molar-refractivity contribution in [2.45, 2.75) is 17.7 Å². The van der Waals surface area contributed by atoms with Crippen LogP contribution in [0.15, 0.2) is 0 Å². The van der Waals surface area contributed by atoms with E-state index in [9.17, 15) is 27.2 Å². The molecule has 0 heterocycles. The molecule has 17 heavy (non-hydrogen) atoms. The number of alkyl halides is 4. The van der Waals surface area contributed by atoms with E-state index in [4.69, 9.17) is 10.8 Å². The fraction of sp³-hybridized carbons (Fsp3) is 0.714. The molecule has 0 aliphatic carbocycles. The lowest BCUT2D eigenvalue weighted by atomic mass is 10.3. The number of rotatable bonds is 7. The highest BCUT2D eigenvalue weighted by Gasteiger charge is 2.41. The first-order valence-electron chi connectivity index (χ1n) is 4.22.